The summed E-state index contributed by atoms with van der Waals surface area (Å²) in [6, 6.07) is 5.00. The van der Waals surface area contributed by atoms with Gasteiger partial charge in [0, 0.05) is 5.69 Å². The van der Waals surface area contributed by atoms with Crippen LogP contribution in [-0.2, 0) is 9.53 Å². The van der Waals surface area contributed by atoms with Crippen LogP contribution in [0.15, 0.2) is 18.2 Å². The lowest BCUT2D eigenvalue weighted by atomic mass is 10.0. The fourth-order valence-corrected chi connectivity index (χ4v) is 2.30. The Morgan fingerprint density at radius 3 is 2.71 bits per heavy atom. The van der Waals surface area contributed by atoms with Gasteiger partial charge in [-0.3, -0.25) is 4.79 Å². The SMILES string of the molecule is COC(=O)c1ccc(C)c(NC(=O)[C@@H]2CCCCN2)c1.Cl. The normalized spacial score (nSPS) is 17.5. The summed E-state index contributed by atoms with van der Waals surface area (Å²) >= 11 is 0. The number of anilines is 1. The van der Waals surface area contributed by atoms with Crippen LogP contribution >= 0.6 is 12.4 Å². The Hall–Kier alpha value is -1.59. The van der Waals surface area contributed by atoms with E-state index in [0.29, 0.717) is 11.3 Å². The summed E-state index contributed by atoms with van der Waals surface area (Å²) in [6.45, 7) is 2.77. The molecule has 1 amide bonds. The zero-order valence-corrected chi connectivity index (χ0v) is 13.1. The molecule has 1 fully saturated rings. The van der Waals surface area contributed by atoms with E-state index in [0.717, 1.165) is 31.4 Å². The first-order valence-corrected chi connectivity index (χ1v) is 6.85. The third kappa shape index (κ3) is 4.44. The molecule has 1 heterocycles. The number of esters is 1. The highest BCUT2D eigenvalue weighted by Crippen LogP contribution is 2.19. The second kappa shape index (κ2) is 8.00. The van der Waals surface area contributed by atoms with Crippen LogP contribution in [0.1, 0.15) is 35.2 Å². The molecular formula is C15H21ClN2O3. The highest BCUT2D eigenvalue weighted by atomic mass is 35.5. The summed E-state index contributed by atoms with van der Waals surface area (Å²) in [4.78, 5) is 23.7. The molecule has 1 aromatic carbocycles. The van der Waals surface area contributed by atoms with E-state index in [2.05, 4.69) is 15.4 Å². The van der Waals surface area contributed by atoms with Crippen LogP contribution in [0, 0.1) is 6.92 Å². The second-order valence-corrected chi connectivity index (χ2v) is 5.01. The highest BCUT2D eigenvalue weighted by molar-refractivity contribution is 5.97. The number of aryl methyl sites for hydroxylation is 1. The van der Waals surface area contributed by atoms with Gasteiger partial charge in [0.05, 0.1) is 18.7 Å². The Morgan fingerprint density at radius 1 is 1.33 bits per heavy atom. The summed E-state index contributed by atoms with van der Waals surface area (Å²) < 4.78 is 4.69. The summed E-state index contributed by atoms with van der Waals surface area (Å²) in [5.74, 6) is -0.453. The van der Waals surface area contributed by atoms with E-state index in [9.17, 15) is 9.59 Å². The molecule has 2 rings (SSSR count). The lowest BCUT2D eigenvalue weighted by Crippen LogP contribution is -2.43. The predicted octanol–water partition coefficient (Wildman–Crippen LogP) is 2.28. The number of rotatable bonds is 3. The molecule has 1 aromatic rings. The number of nitrogens with one attached hydrogen (secondary N) is 2. The lowest BCUT2D eigenvalue weighted by molar-refractivity contribution is -0.118. The third-order valence-electron chi connectivity index (χ3n) is 3.54. The molecule has 116 valence electrons. The van der Waals surface area contributed by atoms with Crippen LogP contribution in [0.4, 0.5) is 5.69 Å². The van der Waals surface area contributed by atoms with Crippen molar-refractivity contribution in [3.63, 3.8) is 0 Å². The first-order chi connectivity index (χ1) is 9.61. The van der Waals surface area contributed by atoms with Crippen molar-refractivity contribution in [1.82, 2.24) is 5.32 Å². The largest absolute Gasteiger partial charge is 0.465 e. The van der Waals surface area contributed by atoms with Crippen LogP contribution in [0.3, 0.4) is 0 Å². The van der Waals surface area contributed by atoms with Gasteiger partial charge in [-0.25, -0.2) is 4.79 Å². The maximum atomic E-state index is 12.2. The summed E-state index contributed by atoms with van der Waals surface area (Å²) in [7, 11) is 1.34. The molecule has 2 N–H and O–H groups in total. The van der Waals surface area contributed by atoms with E-state index in [1.165, 1.54) is 7.11 Å². The van der Waals surface area contributed by atoms with E-state index in [4.69, 9.17) is 0 Å². The minimum Gasteiger partial charge on any atom is -0.465 e. The fraction of sp³-hybridized carbons (Fsp3) is 0.467. The Kier molecular flexibility index (Phi) is 6.65. The first kappa shape index (κ1) is 17.5. The van der Waals surface area contributed by atoms with E-state index >= 15 is 0 Å². The lowest BCUT2D eigenvalue weighted by Gasteiger charge is -2.23. The third-order valence-corrected chi connectivity index (χ3v) is 3.54. The Labute approximate surface area is 130 Å². The standard InChI is InChI=1S/C15H20N2O3.ClH/c1-10-6-7-11(15(19)20-2)9-13(10)17-14(18)12-5-3-4-8-16-12;/h6-7,9,12,16H,3-5,8H2,1-2H3,(H,17,18);1H/t12-;/m0./s1. The minimum atomic E-state index is -0.406. The van der Waals surface area contributed by atoms with Gasteiger partial charge in [-0.2, -0.15) is 0 Å². The quantitative estimate of drug-likeness (QED) is 0.840. The van der Waals surface area contributed by atoms with Gasteiger partial charge < -0.3 is 15.4 Å². The maximum absolute atomic E-state index is 12.2. The number of carbonyl (C=O) groups excluding carboxylic acids is 2. The van der Waals surface area contributed by atoms with E-state index < -0.39 is 5.97 Å². The van der Waals surface area contributed by atoms with E-state index in [1.54, 1.807) is 18.2 Å². The fourth-order valence-electron chi connectivity index (χ4n) is 2.30. The second-order valence-electron chi connectivity index (χ2n) is 5.01. The van der Waals surface area contributed by atoms with Crippen molar-refractivity contribution in [2.45, 2.75) is 32.2 Å². The van der Waals surface area contributed by atoms with Crippen molar-refractivity contribution < 1.29 is 14.3 Å². The van der Waals surface area contributed by atoms with Crippen molar-refractivity contribution in [2.24, 2.45) is 0 Å². The summed E-state index contributed by atoms with van der Waals surface area (Å²) in [5.41, 5.74) is 2.01. The van der Waals surface area contributed by atoms with Crippen molar-refractivity contribution in [3.05, 3.63) is 29.3 Å². The number of hydrogen-bond donors (Lipinski definition) is 2. The Bertz CT molecular complexity index is 514. The van der Waals surface area contributed by atoms with Gasteiger partial charge in [-0.15, -0.1) is 12.4 Å². The Balaban J connectivity index is 0.00000220. The number of methoxy groups -OCH3 is 1. The van der Waals surface area contributed by atoms with Gasteiger partial charge in [0.25, 0.3) is 0 Å². The number of amides is 1. The van der Waals surface area contributed by atoms with Crippen molar-refractivity contribution >= 4 is 30.0 Å². The van der Waals surface area contributed by atoms with Crippen LogP contribution in [0.2, 0.25) is 0 Å². The Morgan fingerprint density at radius 2 is 2.10 bits per heavy atom. The van der Waals surface area contributed by atoms with Gasteiger partial charge in [0.15, 0.2) is 0 Å². The van der Waals surface area contributed by atoms with Crippen LogP contribution in [0.5, 0.6) is 0 Å². The number of hydrogen-bond acceptors (Lipinski definition) is 4. The molecule has 0 aliphatic carbocycles. The van der Waals surface area contributed by atoms with Crippen molar-refractivity contribution in [3.8, 4) is 0 Å². The van der Waals surface area contributed by atoms with Gasteiger partial charge >= 0.3 is 5.97 Å². The molecule has 6 heteroatoms. The van der Waals surface area contributed by atoms with Crippen LogP contribution < -0.4 is 10.6 Å². The zero-order chi connectivity index (χ0) is 14.5. The van der Waals surface area contributed by atoms with Gasteiger partial charge in [-0.1, -0.05) is 12.5 Å². The predicted molar refractivity (Wildman–Crippen MR) is 84.0 cm³/mol. The molecule has 1 aliphatic heterocycles. The number of ether oxygens (including phenoxy) is 1. The zero-order valence-electron chi connectivity index (χ0n) is 12.3. The molecule has 0 unspecified atom stereocenters. The number of halogens is 1. The van der Waals surface area contributed by atoms with Gasteiger partial charge in [-0.05, 0) is 44.0 Å². The molecule has 0 bridgehead atoms. The molecular weight excluding hydrogens is 292 g/mol. The van der Waals surface area contributed by atoms with Crippen molar-refractivity contribution in [1.29, 1.82) is 0 Å². The monoisotopic (exact) mass is 312 g/mol. The summed E-state index contributed by atoms with van der Waals surface area (Å²) in [6.07, 6.45) is 3.02. The summed E-state index contributed by atoms with van der Waals surface area (Å²) in [5, 5.41) is 6.09. The van der Waals surface area contributed by atoms with E-state index in [1.807, 2.05) is 6.92 Å². The molecule has 21 heavy (non-hydrogen) atoms. The minimum absolute atomic E-state index is 0. The highest BCUT2D eigenvalue weighted by Gasteiger charge is 2.21. The number of piperidine rings is 1. The van der Waals surface area contributed by atoms with Crippen molar-refractivity contribution in [2.75, 3.05) is 19.0 Å². The average Bonchev–Trinajstić information content (AvgIpc) is 2.49. The topological polar surface area (TPSA) is 67.4 Å². The van der Waals surface area contributed by atoms with Gasteiger partial charge in [0.1, 0.15) is 0 Å². The molecule has 0 saturated carbocycles. The van der Waals surface area contributed by atoms with Crippen LogP contribution in [-0.4, -0.2) is 31.6 Å². The molecule has 0 aromatic heterocycles. The molecule has 0 spiro atoms. The molecule has 1 atom stereocenters. The first-order valence-electron chi connectivity index (χ1n) is 6.85. The molecule has 0 radical (unpaired) electrons. The smallest absolute Gasteiger partial charge is 0.337 e. The number of carbonyl (C=O) groups is 2. The number of benzene rings is 1. The van der Waals surface area contributed by atoms with E-state index in [-0.39, 0.29) is 24.4 Å². The molecule has 1 saturated heterocycles. The molecule has 5 nitrogen and oxygen atoms in total. The van der Waals surface area contributed by atoms with Crippen LogP contribution in [0.25, 0.3) is 0 Å². The maximum Gasteiger partial charge on any atom is 0.337 e. The average molecular weight is 313 g/mol. The van der Waals surface area contributed by atoms with Gasteiger partial charge in [0.2, 0.25) is 5.91 Å². The molecule has 1 aliphatic rings.